The zero-order chi connectivity index (χ0) is 58.5. The molecule has 4 heterocycles. The van der Waals surface area contributed by atoms with Crippen molar-refractivity contribution >= 4 is 93.0 Å². The van der Waals surface area contributed by atoms with Gasteiger partial charge in [-0.25, -0.2) is 4.79 Å². The van der Waals surface area contributed by atoms with Gasteiger partial charge in [0.1, 0.15) is 41.3 Å². The molecule has 2 bridgehead atoms. The van der Waals surface area contributed by atoms with Gasteiger partial charge in [0.15, 0.2) is 11.8 Å². The number of ketones is 1. The number of thioether (sulfide) groups is 1. The smallest absolute Gasteiger partial charge is 0.407 e. The van der Waals surface area contributed by atoms with Crippen LogP contribution in [0.15, 0.2) is 17.2 Å². The van der Waals surface area contributed by atoms with E-state index in [-0.39, 0.29) is 16.3 Å². The van der Waals surface area contributed by atoms with Gasteiger partial charge in [-0.2, -0.15) is 11.8 Å². The summed E-state index contributed by atoms with van der Waals surface area (Å²) in [6, 6.07) is -5.50. The number of aliphatic hydroxyl groups is 3. The molecular weight excluding hydrogens is 1070 g/mol. The van der Waals surface area contributed by atoms with Gasteiger partial charge in [-0.15, -0.1) is 0 Å². The van der Waals surface area contributed by atoms with Crippen LogP contribution in [0.1, 0.15) is 91.2 Å². The lowest BCUT2D eigenvalue weighted by molar-refractivity contribution is -0.144. The number of aromatic nitrogens is 1. The Morgan fingerprint density at radius 3 is 2.30 bits per heavy atom. The molecule has 1 saturated heterocycles. The highest BCUT2D eigenvalue weighted by molar-refractivity contribution is 7.98. The second-order valence-corrected chi connectivity index (χ2v) is 23.6. The number of fused-ring (bicyclic) bond motifs is 5. The molecule has 0 radical (unpaired) electrons. The number of nitrogens with zero attached hydrogens (tertiary/aromatic N) is 1. The molecule has 5 rings (SSSR count). The van der Waals surface area contributed by atoms with E-state index < -0.39 is 194 Å². The Bertz CT molecular complexity index is 2580. The fourth-order valence-corrected chi connectivity index (χ4v) is 11.9. The molecule has 79 heavy (non-hydrogen) atoms. The van der Waals surface area contributed by atoms with Crippen LogP contribution in [0.3, 0.4) is 0 Å². The van der Waals surface area contributed by atoms with Crippen LogP contribution in [0.2, 0.25) is 0 Å². The van der Waals surface area contributed by atoms with E-state index in [9.17, 15) is 63.3 Å². The van der Waals surface area contributed by atoms with Crippen molar-refractivity contribution in [3.05, 3.63) is 23.3 Å². The van der Waals surface area contributed by atoms with Crippen molar-refractivity contribution in [2.75, 3.05) is 51.4 Å². The molecule has 9 amide bonds. The number of aliphatic hydroxyl groups excluding tert-OH is 3. The number of unbranched alkanes of at least 4 members (excludes halogenated alkanes) is 1. The molecule has 3 aliphatic heterocycles. The molecule has 2 aromatic rings. The minimum Gasteiger partial charge on any atom is -0.610 e. The van der Waals surface area contributed by atoms with E-state index in [4.69, 9.17) is 15.2 Å². The van der Waals surface area contributed by atoms with Crippen molar-refractivity contribution in [2.45, 2.75) is 145 Å². The van der Waals surface area contributed by atoms with E-state index in [0.717, 1.165) is 4.90 Å². The first-order valence-electron chi connectivity index (χ1n) is 26.2. The van der Waals surface area contributed by atoms with Crippen LogP contribution in [0.25, 0.3) is 10.9 Å². The standard InChI is InChI=1S/C51H76N10O16S2/c1-8-25(2)30-15-27(63)19-54-44(69)33-17-31-29-11-12-38(76-7)32(23-78-14-10-9-13-53-50(74)77-51(4,5)6)42(29)60-48(31)79(75)24-35(56-40(67)20-55-43(30)68)45(70)58-34(18-39(52)66)49(73)61-21-28(64)16-36(61)46(71)59-41(47(72)57-33)26(3)37(65)22-62/h11-12,25-26,28,30,33-37,41,60,62,64-65H,8-10,13-24H2,1-7H3,(H2,52,66)(H,53,74)(H,54,69)(H,55,68)(H,56,67)(H,57,72)(H,58,70)(H,59,71)/t25-,26-,28+,30-,33-,34-,35-,36-,37-,41-,79?/m0/s1. The van der Waals surface area contributed by atoms with E-state index in [1.165, 1.54) is 25.8 Å². The summed E-state index contributed by atoms with van der Waals surface area (Å²) < 4.78 is 26.3. The number of hydrogen-bond donors (Lipinski definition) is 12. The summed E-state index contributed by atoms with van der Waals surface area (Å²) in [5.74, 6) is -11.0. The third kappa shape index (κ3) is 17.4. The Balaban J connectivity index is 1.71. The van der Waals surface area contributed by atoms with Crippen LogP contribution in [0, 0.1) is 17.8 Å². The van der Waals surface area contributed by atoms with Crippen molar-refractivity contribution in [3.63, 3.8) is 0 Å². The van der Waals surface area contributed by atoms with Crippen LogP contribution < -0.4 is 47.7 Å². The van der Waals surface area contributed by atoms with Crippen LogP contribution in [-0.4, -0.2) is 188 Å². The molecule has 1 unspecified atom stereocenters. The predicted octanol–water partition coefficient (Wildman–Crippen LogP) is -1.99. The quantitative estimate of drug-likeness (QED) is 0.0679. The van der Waals surface area contributed by atoms with E-state index in [1.807, 2.05) is 0 Å². The summed E-state index contributed by atoms with van der Waals surface area (Å²) >= 11 is -0.914. The summed E-state index contributed by atoms with van der Waals surface area (Å²) in [7, 11) is 1.44. The lowest BCUT2D eigenvalue weighted by Gasteiger charge is -2.32. The summed E-state index contributed by atoms with van der Waals surface area (Å²) in [4.78, 5) is 143. The summed E-state index contributed by atoms with van der Waals surface area (Å²) in [5, 5.41) is 49.9. The van der Waals surface area contributed by atoms with E-state index in [0.29, 0.717) is 53.8 Å². The number of nitrogens with two attached hydrogens (primary N) is 1. The topological polar surface area (TPSA) is 402 Å². The molecule has 3 aliphatic rings. The minimum atomic E-state index is -2.41. The molecular formula is C51H76N10O16S2. The fraction of sp³-hybridized carbons (Fsp3) is 0.647. The SMILES string of the molecule is CC[C@H](C)[C@@H]1CC(=O)CNC(=O)[C@@H]2Cc3c([nH]c4c(CSCCCCNC(=O)OC(C)(C)C)c(OC)ccc34)[S+]([O-])C[C@H](NC(=O)CNC1=O)C(=O)N[C@@H](CC(N)=O)C(=O)N1C[C@H](O)C[C@H]1C(=O)N[C@@H]([C@@H](C)[C@@H](O)CO)C(=O)N2. The van der Waals surface area contributed by atoms with E-state index >= 15 is 4.55 Å². The number of methoxy groups -OCH3 is 1. The first-order chi connectivity index (χ1) is 37.3. The number of amides is 9. The van der Waals surface area contributed by atoms with Crippen molar-refractivity contribution in [1.82, 2.24) is 47.1 Å². The number of aromatic amines is 1. The van der Waals surface area contributed by atoms with Crippen molar-refractivity contribution in [3.8, 4) is 5.75 Å². The monoisotopic (exact) mass is 1150 g/mol. The van der Waals surface area contributed by atoms with Crippen molar-refractivity contribution in [1.29, 1.82) is 0 Å². The zero-order valence-corrected chi connectivity index (χ0v) is 47.2. The maximum absolute atomic E-state index is 15.2. The molecule has 1 fully saturated rings. The third-order valence-electron chi connectivity index (χ3n) is 14.0. The van der Waals surface area contributed by atoms with Gasteiger partial charge >= 0.3 is 6.09 Å². The number of ether oxygens (including phenoxy) is 2. The van der Waals surface area contributed by atoms with Crippen molar-refractivity contribution < 1.29 is 77.3 Å². The lowest BCUT2D eigenvalue weighted by Crippen LogP contribution is -2.62. The van der Waals surface area contributed by atoms with Gasteiger partial charge in [-0.1, -0.05) is 27.2 Å². The average Bonchev–Trinajstić information content (AvgIpc) is 4.06. The number of benzene rings is 1. The molecule has 26 nitrogen and oxygen atoms in total. The lowest BCUT2D eigenvalue weighted by atomic mass is 9.86. The molecule has 28 heteroatoms. The Labute approximate surface area is 464 Å². The van der Waals surface area contributed by atoms with Gasteiger partial charge in [-0.3, -0.25) is 43.2 Å². The van der Waals surface area contributed by atoms with Gasteiger partial charge < -0.3 is 82.2 Å². The first kappa shape index (κ1) is 63.6. The number of hydrogen-bond acceptors (Lipinski definition) is 17. The van der Waals surface area contributed by atoms with Gasteiger partial charge in [0.25, 0.3) is 0 Å². The second-order valence-electron chi connectivity index (χ2n) is 21.1. The van der Waals surface area contributed by atoms with Crippen LogP contribution in [0.5, 0.6) is 5.75 Å². The molecule has 11 atom stereocenters. The minimum absolute atomic E-state index is 0.114. The average molecular weight is 1150 g/mol. The van der Waals surface area contributed by atoms with Gasteiger partial charge in [-0.05, 0) is 57.4 Å². The predicted molar refractivity (Wildman–Crippen MR) is 288 cm³/mol. The highest BCUT2D eigenvalue weighted by Crippen LogP contribution is 2.37. The van der Waals surface area contributed by atoms with E-state index in [1.54, 1.807) is 46.8 Å². The van der Waals surface area contributed by atoms with Crippen LogP contribution in [-0.2, 0) is 71.2 Å². The maximum atomic E-state index is 15.2. The van der Waals surface area contributed by atoms with Crippen LogP contribution >= 0.6 is 11.8 Å². The van der Waals surface area contributed by atoms with Crippen LogP contribution in [0.4, 0.5) is 4.79 Å². The normalized spacial score (nSPS) is 25.5. The molecule has 1 aromatic carbocycles. The maximum Gasteiger partial charge on any atom is 0.407 e. The number of Topliss-reactive ketones (excluding diaryl/α,β-unsaturated/α-hetero) is 1. The molecule has 13 N–H and O–H groups in total. The summed E-state index contributed by atoms with van der Waals surface area (Å²) in [6.07, 6.45) is -4.04. The highest BCUT2D eigenvalue weighted by Gasteiger charge is 2.45. The molecule has 1 aromatic heterocycles. The summed E-state index contributed by atoms with van der Waals surface area (Å²) in [6.45, 7) is 7.64. The number of nitrogens with one attached hydrogen (secondary N) is 8. The first-order valence-corrected chi connectivity index (χ1v) is 28.7. The Morgan fingerprint density at radius 2 is 1.65 bits per heavy atom. The number of carbonyl (C=O) groups is 10. The molecule has 0 spiro atoms. The number of rotatable bonds is 15. The van der Waals surface area contributed by atoms with Gasteiger partial charge in [0, 0.05) is 77.6 Å². The number of alkyl carbamates (subject to hydrolysis) is 1. The Hall–Kier alpha value is -6.20. The number of primary amides is 1. The van der Waals surface area contributed by atoms with Crippen molar-refractivity contribution in [2.24, 2.45) is 23.5 Å². The Kier molecular flexibility index (Phi) is 23.2. The number of H-pyrrole nitrogens is 1. The number of carbonyl (C=O) groups excluding carboxylic acids is 10. The third-order valence-corrected chi connectivity index (χ3v) is 16.5. The van der Waals surface area contributed by atoms with Gasteiger partial charge in [0.2, 0.25) is 52.3 Å². The molecule has 0 aliphatic carbocycles. The Morgan fingerprint density at radius 1 is 0.937 bits per heavy atom. The summed E-state index contributed by atoms with van der Waals surface area (Å²) in [5.41, 5.74) is 5.98. The molecule has 438 valence electrons. The highest BCUT2D eigenvalue weighted by atomic mass is 32.2. The fourth-order valence-electron chi connectivity index (χ4n) is 9.43. The largest absolute Gasteiger partial charge is 0.610 e. The molecule has 0 saturated carbocycles. The van der Waals surface area contributed by atoms with E-state index in [2.05, 4.69) is 42.2 Å². The zero-order valence-electron chi connectivity index (χ0n) is 45.5. The van der Waals surface area contributed by atoms with Gasteiger partial charge in [0.05, 0.1) is 51.0 Å². The second kappa shape index (κ2) is 28.8.